The van der Waals surface area contributed by atoms with E-state index in [1.54, 1.807) is 65.2 Å². The number of amides is 8. The fourth-order valence-electron chi connectivity index (χ4n) is 13.2. The quantitative estimate of drug-likeness (QED) is 0.117. The Hall–Kier alpha value is -5.29. The second-order valence-electron chi connectivity index (χ2n) is 28.6. The number of rotatable bonds is 9. The number of nitrogens with one attached hydrogen (secondary N) is 6. The third kappa shape index (κ3) is 17.9. The van der Waals surface area contributed by atoms with Crippen molar-refractivity contribution in [2.45, 2.75) is 277 Å². The number of alkyl carbamates (subject to hydrolysis) is 2. The fraction of sp³-hybridized carbons (Fsp3) is 0.855. The van der Waals surface area contributed by atoms with Gasteiger partial charge in [0.15, 0.2) is 12.2 Å². The van der Waals surface area contributed by atoms with Crippen LogP contribution in [0.5, 0.6) is 0 Å². The van der Waals surface area contributed by atoms with Crippen molar-refractivity contribution in [1.29, 1.82) is 0 Å². The van der Waals surface area contributed by atoms with Crippen LogP contribution in [-0.2, 0) is 57.2 Å². The minimum absolute atomic E-state index is 0.0528. The molecule has 0 aromatic carbocycles. The zero-order valence-corrected chi connectivity index (χ0v) is 52.9. The van der Waals surface area contributed by atoms with Crippen molar-refractivity contribution in [2.75, 3.05) is 26.3 Å². The Morgan fingerprint density at radius 1 is 0.565 bits per heavy atom. The second kappa shape index (κ2) is 27.8. The van der Waals surface area contributed by atoms with Crippen molar-refractivity contribution < 1.29 is 71.9 Å². The van der Waals surface area contributed by atoms with Gasteiger partial charge in [-0.3, -0.25) is 33.6 Å². The molecule has 0 aromatic heterocycles. The fourth-order valence-corrected chi connectivity index (χ4v) is 13.2. The maximum absolute atomic E-state index is 14.2. The molecular weight excluding hydrogens is 1100 g/mol. The summed E-state index contributed by atoms with van der Waals surface area (Å²) in [5, 5.41) is 28.2. The summed E-state index contributed by atoms with van der Waals surface area (Å²) in [5.74, 6) is -3.02. The van der Waals surface area contributed by atoms with Gasteiger partial charge in [-0.05, 0) is 141 Å². The Kier molecular flexibility index (Phi) is 22.0. The van der Waals surface area contributed by atoms with E-state index in [4.69, 9.17) is 23.7 Å². The third-order valence-electron chi connectivity index (χ3n) is 18.5. The molecule has 4 aliphatic heterocycles. The summed E-state index contributed by atoms with van der Waals surface area (Å²) in [5.41, 5.74) is -1.81. The predicted octanol–water partition coefficient (Wildman–Crippen LogP) is 5.06. The van der Waals surface area contributed by atoms with E-state index in [9.17, 15) is 48.3 Å². The molecule has 0 aromatic rings. The third-order valence-corrected chi connectivity index (χ3v) is 18.5. The average Bonchev–Trinajstić information content (AvgIpc) is 1.55. The molecule has 8 aliphatic rings. The molecule has 0 bridgehead atoms. The highest BCUT2D eigenvalue weighted by Crippen LogP contribution is 2.66. The molecule has 4 aliphatic carbocycles. The highest BCUT2D eigenvalue weighted by Gasteiger charge is 2.71. The molecule has 7 N–H and O–H groups in total. The van der Waals surface area contributed by atoms with Gasteiger partial charge >= 0.3 is 18.2 Å². The molecule has 4 saturated carbocycles. The summed E-state index contributed by atoms with van der Waals surface area (Å²) in [6.07, 6.45) is 7.59. The molecule has 23 nitrogen and oxygen atoms in total. The van der Waals surface area contributed by atoms with E-state index in [1.807, 2.05) is 0 Å². The van der Waals surface area contributed by atoms with E-state index in [-0.39, 0.29) is 52.5 Å². The lowest BCUT2D eigenvalue weighted by molar-refractivity contribution is -0.157. The Morgan fingerprint density at radius 3 is 1.34 bits per heavy atom. The maximum Gasteiger partial charge on any atom is 0.408 e. The molecule has 8 rings (SSSR count). The van der Waals surface area contributed by atoms with Crippen LogP contribution in [0.25, 0.3) is 0 Å². The van der Waals surface area contributed by atoms with E-state index in [2.05, 4.69) is 59.6 Å². The van der Waals surface area contributed by atoms with Crippen molar-refractivity contribution in [3.63, 3.8) is 0 Å². The van der Waals surface area contributed by atoms with Crippen LogP contribution in [0, 0.1) is 34.5 Å². The average molecular weight is 1200 g/mol. The van der Waals surface area contributed by atoms with Gasteiger partial charge in [0.1, 0.15) is 35.4 Å². The van der Waals surface area contributed by atoms with Gasteiger partial charge in [-0.1, -0.05) is 79.1 Å². The number of nitrogens with zero attached hydrogens (tertiary/aromatic N) is 2. The van der Waals surface area contributed by atoms with E-state index < -0.39 is 120 Å². The predicted molar refractivity (Wildman–Crippen MR) is 313 cm³/mol. The molecule has 0 spiro atoms. The maximum atomic E-state index is 14.2. The molecular formula is C62H102N8O15. The van der Waals surface area contributed by atoms with Crippen LogP contribution < -0.4 is 31.9 Å². The van der Waals surface area contributed by atoms with Crippen LogP contribution in [0.1, 0.15) is 193 Å². The number of carbonyl (C=O) groups is 9. The molecule has 0 radical (unpaired) electrons. The van der Waals surface area contributed by atoms with Crippen LogP contribution in [0.15, 0.2) is 0 Å². The first-order chi connectivity index (χ1) is 39.8. The molecule has 2 unspecified atom stereocenters. The molecule has 480 valence electrons. The number of fused-ring (bicyclic) bond motifs is 6. The highest BCUT2D eigenvalue weighted by atomic mass is 16.6. The van der Waals surface area contributed by atoms with E-state index >= 15 is 0 Å². The lowest BCUT2D eigenvalue weighted by Gasteiger charge is -2.36. The number of carbonyl (C=O) groups excluding carboxylic acids is 9. The number of aliphatic hydroxyl groups is 1. The number of hydrogen-bond donors (Lipinski definition) is 7. The number of hydrogen-bond acceptors (Lipinski definition) is 15. The lowest BCUT2D eigenvalue weighted by Crippen LogP contribution is -2.61. The van der Waals surface area contributed by atoms with Crippen molar-refractivity contribution in [1.82, 2.24) is 41.7 Å². The number of ether oxygens (including phenoxy) is 5. The van der Waals surface area contributed by atoms with E-state index in [0.29, 0.717) is 39.1 Å². The zero-order chi connectivity index (χ0) is 62.5. The summed E-state index contributed by atoms with van der Waals surface area (Å²) >= 11 is 0. The smallest absolute Gasteiger partial charge is 0.408 e. The van der Waals surface area contributed by atoms with Crippen LogP contribution >= 0.6 is 0 Å². The first-order valence-corrected chi connectivity index (χ1v) is 31.7. The van der Waals surface area contributed by atoms with E-state index in [0.717, 1.165) is 89.9 Å². The van der Waals surface area contributed by atoms with Gasteiger partial charge in [-0.2, -0.15) is 0 Å². The molecule has 85 heavy (non-hydrogen) atoms. The largest absolute Gasteiger partial charge is 0.450 e. The van der Waals surface area contributed by atoms with Gasteiger partial charge in [-0.15, -0.1) is 0 Å². The number of piperidine rings is 2. The summed E-state index contributed by atoms with van der Waals surface area (Å²) in [6.45, 7) is 25.2. The summed E-state index contributed by atoms with van der Waals surface area (Å²) < 4.78 is 28.5. The molecule has 4 saturated heterocycles. The number of aliphatic hydroxyl groups excluding tert-OH is 1. The van der Waals surface area contributed by atoms with Crippen LogP contribution in [0.3, 0.4) is 0 Å². The summed E-state index contributed by atoms with van der Waals surface area (Å²) in [6, 6.07) is -5.09. The normalized spacial score (nSPS) is 32.7. The standard InChI is InChI=1S/C32H52N4O8.C30H50N4O7/c1-18-24(35-30(41)44-31(3,4)5)29(40)36-17-21-23(32(21,6)7)25(36)27(38)34-22(13-11-9-8-10-12-16-42-18)26(43-19(2)37)28(39)33-20-14-15-20;1-17-22(33-28(39)41-29(2,3)4)27(38)34-16-19-21(30(19,5)6)23(34)25(36)32-20(12-10-8-7-9-11-15-40-17)24(35)26(37)31-18-13-14-18/h18,20-26H,8-17H2,1-7H3,(H,33,39)(H,34,38)(H,35,41);17-24,35H,7-16H2,1-6H3,(H,31,37)(H,32,36)(H,33,39)/t18-,21-,22-,23-,24-,25-,26?;17-,19-,20-,21-,22-,23-,24?/m00/s1. The van der Waals surface area contributed by atoms with Gasteiger partial charge in [0.25, 0.3) is 11.8 Å². The molecule has 8 fully saturated rings. The first kappa shape index (κ1) is 67.2. The molecule has 23 heteroatoms. The monoisotopic (exact) mass is 1200 g/mol. The second-order valence-corrected chi connectivity index (χ2v) is 28.6. The minimum Gasteiger partial charge on any atom is -0.450 e. The van der Waals surface area contributed by atoms with E-state index in [1.165, 1.54) is 6.92 Å². The zero-order valence-electron chi connectivity index (χ0n) is 52.9. The van der Waals surface area contributed by atoms with Gasteiger partial charge < -0.3 is 70.5 Å². The van der Waals surface area contributed by atoms with Crippen molar-refractivity contribution in [2.24, 2.45) is 34.5 Å². The summed E-state index contributed by atoms with van der Waals surface area (Å²) in [4.78, 5) is 123. The Labute approximate surface area is 503 Å². The number of esters is 1. The lowest BCUT2D eigenvalue weighted by atomic mass is 9.97. The van der Waals surface area contributed by atoms with Crippen LogP contribution in [0.2, 0.25) is 0 Å². The molecule has 8 amide bonds. The summed E-state index contributed by atoms with van der Waals surface area (Å²) in [7, 11) is 0. The van der Waals surface area contributed by atoms with Crippen molar-refractivity contribution in [3.05, 3.63) is 0 Å². The molecule has 4 heterocycles. The first-order valence-electron chi connectivity index (χ1n) is 31.7. The van der Waals surface area contributed by atoms with Gasteiger partial charge in [0, 0.05) is 45.3 Å². The van der Waals surface area contributed by atoms with Crippen LogP contribution in [-0.4, -0.2) is 179 Å². The highest BCUT2D eigenvalue weighted by molar-refractivity contribution is 5.95. The Morgan fingerprint density at radius 2 is 0.941 bits per heavy atom. The van der Waals surface area contributed by atoms with Gasteiger partial charge in [0.05, 0.1) is 24.3 Å². The van der Waals surface area contributed by atoms with Crippen LogP contribution in [0.4, 0.5) is 9.59 Å². The van der Waals surface area contributed by atoms with Gasteiger partial charge in [0.2, 0.25) is 23.6 Å². The van der Waals surface area contributed by atoms with Gasteiger partial charge in [-0.25, -0.2) is 9.59 Å². The SMILES string of the molecule is CC(=O)OC(C(=O)NC1CC1)[C@@H]1CCCCCCCO[C@@H](C)[C@H](NC(=O)OC(C)(C)C)C(=O)N2C[C@H]3[C@@H]([C@H]2C(=O)N1)C3(C)C.C[C@@H]1OCCCCCCC[C@@H](C(O)C(=O)NC2CC2)NC(=O)[C@@H]2[C@@H]3[C@H](CN2C(=O)[C@H]1NC(=O)OC(C)(C)C)C3(C)C. The molecule has 14 atom stereocenters. The minimum atomic E-state index is -1.37. The Balaban J connectivity index is 0.000000244. The topological polar surface area (TPSA) is 299 Å². The van der Waals surface area contributed by atoms with Crippen molar-refractivity contribution in [3.8, 4) is 0 Å². The van der Waals surface area contributed by atoms with Crippen molar-refractivity contribution >= 4 is 53.6 Å². The Bertz CT molecular complexity index is 2420.